The fourth-order valence-corrected chi connectivity index (χ4v) is 4.37. The zero-order chi connectivity index (χ0) is 23.6. The van der Waals surface area contributed by atoms with E-state index in [9.17, 15) is 13.5 Å². The van der Waals surface area contributed by atoms with Crippen LogP contribution in [-0.4, -0.2) is 25.3 Å². The molecule has 0 fully saturated rings. The first-order chi connectivity index (χ1) is 15.7. The highest BCUT2D eigenvalue weighted by Gasteiger charge is 2.24. The second kappa shape index (κ2) is 8.45. The number of anilines is 1. The van der Waals surface area contributed by atoms with Crippen LogP contribution >= 0.6 is 0 Å². The number of hydrogen-bond acceptors (Lipinski definition) is 6. The van der Waals surface area contributed by atoms with Crippen LogP contribution < -0.4 is 9.46 Å². The van der Waals surface area contributed by atoms with Crippen LogP contribution in [0.1, 0.15) is 30.5 Å². The highest BCUT2D eigenvalue weighted by atomic mass is 32.2. The van der Waals surface area contributed by atoms with E-state index >= 15 is 0 Å². The Kier molecular flexibility index (Phi) is 5.66. The molecule has 8 heteroatoms. The number of phenols is 1. The van der Waals surface area contributed by atoms with Gasteiger partial charge in [0.1, 0.15) is 17.1 Å². The predicted molar refractivity (Wildman–Crippen MR) is 128 cm³/mol. The van der Waals surface area contributed by atoms with Crippen LogP contribution in [0.4, 0.5) is 11.4 Å². The Morgan fingerprint density at radius 2 is 1.88 bits per heavy atom. The second-order valence-electron chi connectivity index (χ2n) is 8.00. The van der Waals surface area contributed by atoms with Crippen LogP contribution in [0.15, 0.2) is 76.6 Å². The number of nitriles is 1. The van der Waals surface area contributed by atoms with Gasteiger partial charge in [0.2, 0.25) is 0 Å². The van der Waals surface area contributed by atoms with Crippen molar-refractivity contribution in [1.82, 2.24) is 0 Å². The van der Waals surface area contributed by atoms with Gasteiger partial charge < -0.3 is 9.84 Å². The van der Waals surface area contributed by atoms with Crippen molar-refractivity contribution in [2.75, 3.05) is 4.72 Å². The third-order valence-electron chi connectivity index (χ3n) is 4.98. The minimum Gasteiger partial charge on any atom is -0.506 e. The summed E-state index contributed by atoms with van der Waals surface area (Å²) in [6, 6.07) is 17.7. The molecule has 1 heterocycles. The van der Waals surface area contributed by atoms with Crippen LogP contribution in [0.25, 0.3) is 6.08 Å². The zero-order valence-corrected chi connectivity index (χ0v) is 18.8. The molecule has 0 radical (unpaired) electrons. The first kappa shape index (κ1) is 22.1. The Hall–Kier alpha value is -4.09. The molecule has 0 unspecified atom stereocenters. The summed E-state index contributed by atoms with van der Waals surface area (Å²) in [5, 5.41) is 19.6. The maximum Gasteiger partial charge on any atom is 0.261 e. The first-order valence-corrected chi connectivity index (χ1v) is 11.6. The fourth-order valence-electron chi connectivity index (χ4n) is 3.27. The minimum atomic E-state index is -3.83. The molecule has 0 saturated heterocycles. The molecule has 2 N–H and O–H groups in total. The highest BCUT2D eigenvalue weighted by molar-refractivity contribution is 7.92. The van der Waals surface area contributed by atoms with Crippen molar-refractivity contribution >= 4 is 33.7 Å². The van der Waals surface area contributed by atoms with Gasteiger partial charge in [0, 0.05) is 17.5 Å². The van der Waals surface area contributed by atoms with E-state index in [4.69, 9.17) is 10.00 Å². The molecule has 1 aliphatic rings. The van der Waals surface area contributed by atoms with Crippen molar-refractivity contribution in [3.8, 4) is 17.6 Å². The molecule has 0 atom stereocenters. The number of ether oxygens (including phenoxy) is 1. The Labute approximate surface area is 192 Å². The molecule has 3 aromatic rings. The van der Waals surface area contributed by atoms with Crippen LogP contribution in [0.3, 0.4) is 0 Å². The number of hydrogen-bond donors (Lipinski definition) is 2. The normalized spacial score (nSPS) is 14.3. The summed E-state index contributed by atoms with van der Waals surface area (Å²) in [6.07, 6.45) is 5.25. The number of nitrogens with one attached hydrogen (secondary N) is 1. The maximum atomic E-state index is 12.6. The third kappa shape index (κ3) is 4.89. The molecule has 0 aromatic heterocycles. The van der Waals surface area contributed by atoms with Crippen molar-refractivity contribution < 1.29 is 18.3 Å². The van der Waals surface area contributed by atoms with Gasteiger partial charge in [0.25, 0.3) is 10.0 Å². The van der Waals surface area contributed by atoms with Crippen molar-refractivity contribution in [2.24, 2.45) is 4.99 Å². The average Bonchev–Trinajstić information content (AvgIpc) is 2.79. The van der Waals surface area contributed by atoms with Crippen molar-refractivity contribution in [3.63, 3.8) is 0 Å². The molecular weight excluding hydrogens is 438 g/mol. The number of aliphatic imine (C=N–C) groups is 1. The molecule has 33 heavy (non-hydrogen) atoms. The third-order valence-corrected chi connectivity index (χ3v) is 6.36. The molecule has 1 aliphatic heterocycles. The molecule has 7 nitrogen and oxygen atoms in total. The smallest absolute Gasteiger partial charge is 0.261 e. The summed E-state index contributed by atoms with van der Waals surface area (Å²) < 4.78 is 33.5. The van der Waals surface area contributed by atoms with E-state index in [0.717, 1.165) is 0 Å². The van der Waals surface area contributed by atoms with Crippen LogP contribution in [0.5, 0.6) is 11.5 Å². The quantitative estimate of drug-likeness (QED) is 0.522. The van der Waals surface area contributed by atoms with Crippen LogP contribution in [-0.2, 0) is 10.0 Å². The number of benzene rings is 3. The Morgan fingerprint density at radius 3 is 2.61 bits per heavy atom. The molecule has 0 spiro atoms. The van der Waals surface area contributed by atoms with Crippen molar-refractivity contribution in [2.45, 2.75) is 24.3 Å². The number of aromatic hydroxyl groups is 1. The van der Waals surface area contributed by atoms with Crippen molar-refractivity contribution in [1.29, 1.82) is 5.26 Å². The van der Waals surface area contributed by atoms with Gasteiger partial charge in [-0.3, -0.25) is 9.71 Å². The molecule has 0 amide bonds. The Bertz CT molecular complexity index is 1420. The Balaban J connectivity index is 1.50. The molecule has 0 saturated carbocycles. The lowest BCUT2D eigenvalue weighted by atomic mass is 10.00. The summed E-state index contributed by atoms with van der Waals surface area (Å²) in [7, 11) is -3.83. The number of nitrogens with zero attached hydrogens (tertiary/aromatic N) is 2. The summed E-state index contributed by atoms with van der Waals surface area (Å²) in [5.41, 5.74) is 1.90. The minimum absolute atomic E-state index is 0.00736. The van der Waals surface area contributed by atoms with Crippen LogP contribution in [0.2, 0.25) is 0 Å². The molecule has 4 rings (SSSR count). The topological polar surface area (TPSA) is 112 Å². The molecular formula is C25H21N3O4S. The monoisotopic (exact) mass is 459 g/mol. The lowest BCUT2D eigenvalue weighted by molar-refractivity contribution is 0.158. The number of fused-ring (bicyclic) bond motifs is 1. The SMILES string of the molecule is CC1(C)C=Cc2c(ccc(C=Nc3ccc(NS(=O)(=O)c4cccc(C#N)c4)cc3)c2O)O1. The molecule has 3 aromatic carbocycles. The van der Waals surface area contributed by atoms with E-state index in [1.165, 1.54) is 30.5 Å². The summed E-state index contributed by atoms with van der Waals surface area (Å²) >= 11 is 0. The first-order valence-electron chi connectivity index (χ1n) is 10.1. The van der Waals surface area contributed by atoms with E-state index in [1.54, 1.807) is 36.4 Å². The van der Waals surface area contributed by atoms with Gasteiger partial charge in [-0.05, 0) is 80.6 Å². The van der Waals surface area contributed by atoms with Crippen molar-refractivity contribution in [3.05, 3.63) is 83.4 Å². The fraction of sp³-hybridized carbons (Fsp3) is 0.120. The van der Waals surface area contributed by atoms with E-state index in [-0.39, 0.29) is 16.2 Å². The van der Waals surface area contributed by atoms with Crippen LogP contribution in [0, 0.1) is 11.3 Å². The lowest BCUT2D eigenvalue weighted by Gasteiger charge is -2.28. The standard InChI is InChI=1S/C25H21N3O4S/c1-25(2)13-12-22-23(32-25)11-6-18(24(22)29)16-27-19-7-9-20(10-8-19)28-33(30,31)21-5-3-4-17(14-21)15-26/h3-14,16,28-29H,1-2H3. The van der Waals surface area contributed by atoms with E-state index in [1.807, 2.05) is 32.1 Å². The second-order valence-corrected chi connectivity index (χ2v) is 9.69. The van der Waals surface area contributed by atoms with Gasteiger partial charge in [-0.15, -0.1) is 0 Å². The zero-order valence-electron chi connectivity index (χ0n) is 18.0. The maximum absolute atomic E-state index is 12.6. The number of phenolic OH excluding ortho intramolecular Hbond substituents is 1. The average molecular weight is 460 g/mol. The van der Waals surface area contributed by atoms with Gasteiger partial charge in [-0.2, -0.15) is 5.26 Å². The summed E-state index contributed by atoms with van der Waals surface area (Å²) in [6.45, 7) is 3.87. The van der Waals surface area contributed by atoms with Gasteiger partial charge in [0.15, 0.2) is 0 Å². The molecule has 0 aliphatic carbocycles. The van der Waals surface area contributed by atoms with E-state index < -0.39 is 15.6 Å². The summed E-state index contributed by atoms with van der Waals surface area (Å²) in [4.78, 5) is 4.38. The largest absolute Gasteiger partial charge is 0.506 e. The Morgan fingerprint density at radius 1 is 1.12 bits per heavy atom. The van der Waals surface area contributed by atoms with Gasteiger partial charge in [-0.1, -0.05) is 6.07 Å². The van der Waals surface area contributed by atoms with Gasteiger partial charge >= 0.3 is 0 Å². The van der Waals surface area contributed by atoms with Gasteiger partial charge in [0.05, 0.1) is 27.8 Å². The highest BCUT2D eigenvalue weighted by Crippen LogP contribution is 2.38. The molecule has 166 valence electrons. The van der Waals surface area contributed by atoms with Gasteiger partial charge in [-0.25, -0.2) is 8.42 Å². The lowest BCUT2D eigenvalue weighted by Crippen LogP contribution is -2.27. The van der Waals surface area contributed by atoms with E-state index in [0.29, 0.717) is 28.3 Å². The predicted octanol–water partition coefficient (Wildman–Crippen LogP) is 5.00. The molecule has 0 bridgehead atoms. The summed E-state index contributed by atoms with van der Waals surface area (Å²) in [5.74, 6) is 0.682. The number of sulfonamides is 1. The number of rotatable bonds is 5. The van der Waals surface area contributed by atoms with E-state index in [2.05, 4.69) is 9.71 Å².